The number of halogens is 1. The van der Waals surface area contributed by atoms with E-state index in [4.69, 9.17) is 10.7 Å². The summed E-state index contributed by atoms with van der Waals surface area (Å²) in [7, 11) is 7.97. The Bertz CT molecular complexity index is 325. The second kappa shape index (κ2) is 4.53. The third kappa shape index (κ3) is 2.39. The Labute approximate surface area is 85.7 Å². The minimum atomic E-state index is -0.355. The number of benzene rings is 1. The molecule has 0 aliphatic heterocycles. The van der Waals surface area contributed by atoms with E-state index >= 15 is 0 Å². The summed E-state index contributed by atoms with van der Waals surface area (Å²) in [4.78, 5) is 12.0. The fourth-order valence-corrected chi connectivity index (χ4v) is 1.73. The topological polar surface area (TPSA) is 26.3 Å². The fraction of sp³-hybridized carbons (Fsp3) is 0.222. The number of carbonyl (C=O) groups is 1. The predicted octanol–water partition coefficient (Wildman–Crippen LogP) is 3.03. The Morgan fingerprint density at radius 1 is 1.54 bits per heavy atom. The number of rotatable bonds is 2. The van der Waals surface area contributed by atoms with E-state index in [1.807, 2.05) is 13.0 Å². The number of hydrogen-bond donors (Lipinski definition) is 0. The molecule has 70 valence electrons. The SMILES string of the molecule is COC(=O)c1cc(C)ccc1SCl. The number of carbonyl (C=O) groups excluding carboxylic acids is 1. The van der Waals surface area contributed by atoms with Gasteiger partial charge in [0, 0.05) is 4.90 Å². The first-order valence-corrected chi connectivity index (χ1v) is 5.31. The average Bonchev–Trinajstić information content (AvgIpc) is 2.16. The van der Waals surface area contributed by atoms with Crippen LogP contribution >= 0.6 is 21.7 Å². The summed E-state index contributed by atoms with van der Waals surface area (Å²) in [6, 6.07) is 5.47. The number of ether oxygens (including phenoxy) is 1. The third-order valence-electron chi connectivity index (χ3n) is 1.62. The van der Waals surface area contributed by atoms with E-state index in [0.29, 0.717) is 5.56 Å². The molecule has 0 radical (unpaired) electrons. The van der Waals surface area contributed by atoms with Crippen molar-refractivity contribution in [3.63, 3.8) is 0 Å². The number of esters is 1. The van der Waals surface area contributed by atoms with Gasteiger partial charge in [0.05, 0.1) is 12.7 Å². The lowest BCUT2D eigenvalue weighted by Crippen LogP contribution is -2.02. The summed E-state index contributed by atoms with van der Waals surface area (Å²) in [6.45, 7) is 1.91. The molecule has 4 heteroatoms. The normalized spacial score (nSPS) is 9.77. The van der Waals surface area contributed by atoms with Gasteiger partial charge in [-0.3, -0.25) is 0 Å². The molecule has 0 N–H and O–H groups in total. The van der Waals surface area contributed by atoms with E-state index in [1.54, 1.807) is 12.1 Å². The summed E-state index contributed by atoms with van der Waals surface area (Å²) in [6.07, 6.45) is 0. The Hall–Kier alpha value is -0.670. The molecule has 13 heavy (non-hydrogen) atoms. The molecule has 1 rings (SSSR count). The highest BCUT2D eigenvalue weighted by atomic mass is 35.7. The van der Waals surface area contributed by atoms with Crippen LogP contribution < -0.4 is 0 Å². The Morgan fingerprint density at radius 3 is 2.77 bits per heavy atom. The van der Waals surface area contributed by atoms with Gasteiger partial charge in [-0.2, -0.15) is 0 Å². The summed E-state index contributed by atoms with van der Waals surface area (Å²) in [5.74, 6) is -0.355. The maximum atomic E-state index is 11.3. The van der Waals surface area contributed by atoms with Gasteiger partial charge in [0.15, 0.2) is 0 Å². The molecule has 0 amide bonds. The molecule has 0 aliphatic rings. The monoisotopic (exact) mass is 216 g/mol. The average molecular weight is 217 g/mol. The van der Waals surface area contributed by atoms with Crippen molar-refractivity contribution in [1.82, 2.24) is 0 Å². The first-order chi connectivity index (χ1) is 6.19. The van der Waals surface area contributed by atoms with Crippen molar-refractivity contribution in [2.45, 2.75) is 11.8 Å². The van der Waals surface area contributed by atoms with Gasteiger partial charge < -0.3 is 4.74 Å². The van der Waals surface area contributed by atoms with Crippen molar-refractivity contribution in [1.29, 1.82) is 0 Å². The molecule has 0 saturated heterocycles. The molecule has 0 fully saturated rings. The van der Waals surface area contributed by atoms with Gasteiger partial charge in [-0.15, -0.1) is 0 Å². The third-order valence-corrected chi connectivity index (χ3v) is 2.64. The number of aryl methyl sites for hydroxylation is 1. The largest absolute Gasteiger partial charge is 0.465 e. The molecule has 0 heterocycles. The highest BCUT2D eigenvalue weighted by molar-refractivity contribution is 8.21. The molecule has 0 spiro atoms. The Balaban J connectivity index is 3.15. The van der Waals surface area contributed by atoms with E-state index in [-0.39, 0.29) is 5.97 Å². The molecule has 0 bridgehead atoms. The van der Waals surface area contributed by atoms with Crippen molar-refractivity contribution >= 4 is 27.6 Å². The molecular formula is C9H9ClO2S. The number of methoxy groups -OCH3 is 1. The highest BCUT2D eigenvalue weighted by Gasteiger charge is 2.11. The van der Waals surface area contributed by atoms with E-state index in [2.05, 4.69) is 4.74 Å². The zero-order chi connectivity index (χ0) is 9.84. The second-order valence-electron chi connectivity index (χ2n) is 2.57. The van der Waals surface area contributed by atoms with Gasteiger partial charge >= 0.3 is 5.97 Å². The Kier molecular flexibility index (Phi) is 3.63. The summed E-state index contributed by atoms with van der Waals surface area (Å²) in [5, 5.41) is 0. The van der Waals surface area contributed by atoms with Crippen LogP contribution in [0.15, 0.2) is 23.1 Å². The fourth-order valence-electron chi connectivity index (χ4n) is 0.981. The molecule has 0 saturated carbocycles. The summed E-state index contributed by atoms with van der Waals surface area (Å²) < 4.78 is 4.62. The van der Waals surface area contributed by atoms with Gasteiger partial charge in [0.2, 0.25) is 0 Å². The smallest absolute Gasteiger partial charge is 0.339 e. The molecule has 1 aromatic rings. The quantitative estimate of drug-likeness (QED) is 0.711. The van der Waals surface area contributed by atoms with Crippen molar-refractivity contribution in [3.05, 3.63) is 29.3 Å². The second-order valence-corrected chi connectivity index (χ2v) is 3.63. The molecule has 2 nitrogen and oxygen atoms in total. The first-order valence-electron chi connectivity index (χ1n) is 3.66. The van der Waals surface area contributed by atoms with Gasteiger partial charge in [0.25, 0.3) is 0 Å². The maximum absolute atomic E-state index is 11.3. The van der Waals surface area contributed by atoms with E-state index in [1.165, 1.54) is 7.11 Å². The molecule has 0 aromatic heterocycles. The van der Waals surface area contributed by atoms with Gasteiger partial charge in [-0.1, -0.05) is 11.6 Å². The zero-order valence-corrected chi connectivity index (χ0v) is 8.91. The molecule has 0 atom stereocenters. The lowest BCUT2D eigenvalue weighted by molar-refractivity contribution is 0.0596. The minimum absolute atomic E-state index is 0.355. The standard InChI is InChI=1S/C9H9ClO2S/c1-6-3-4-8(13-10)7(5-6)9(11)12-2/h3-5H,1-2H3. The number of hydrogen-bond acceptors (Lipinski definition) is 3. The van der Waals surface area contributed by atoms with Crippen LogP contribution in [0.25, 0.3) is 0 Å². The van der Waals surface area contributed by atoms with E-state index < -0.39 is 0 Å². The van der Waals surface area contributed by atoms with Crippen LogP contribution in [-0.4, -0.2) is 13.1 Å². The van der Waals surface area contributed by atoms with Crippen molar-refractivity contribution in [2.24, 2.45) is 0 Å². The zero-order valence-electron chi connectivity index (χ0n) is 7.33. The van der Waals surface area contributed by atoms with Crippen LogP contribution in [0.1, 0.15) is 15.9 Å². The Morgan fingerprint density at radius 2 is 2.23 bits per heavy atom. The van der Waals surface area contributed by atoms with E-state index in [0.717, 1.165) is 21.4 Å². The molecular weight excluding hydrogens is 208 g/mol. The molecule has 0 aliphatic carbocycles. The van der Waals surface area contributed by atoms with Gasteiger partial charge in [-0.05, 0) is 40.7 Å². The van der Waals surface area contributed by atoms with Gasteiger partial charge in [0.1, 0.15) is 0 Å². The lowest BCUT2D eigenvalue weighted by Gasteiger charge is -2.04. The summed E-state index contributed by atoms with van der Waals surface area (Å²) in [5.41, 5.74) is 1.53. The van der Waals surface area contributed by atoms with Gasteiger partial charge in [-0.25, -0.2) is 4.79 Å². The molecule has 0 unspecified atom stereocenters. The van der Waals surface area contributed by atoms with Crippen LogP contribution in [0.2, 0.25) is 0 Å². The van der Waals surface area contributed by atoms with Crippen LogP contribution in [0.4, 0.5) is 0 Å². The van der Waals surface area contributed by atoms with Crippen molar-refractivity contribution in [3.8, 4) is 0 Å². The summed E-state index contributed by atoms with van der Waals surface area (Å²) >= 11 is 0. The van der Waals surface area contributed by atoms with Crippen LogP contribution in [0.5, 0.6) is 0 Å². The highest BCUT2D eigenvalue weighted by Crippen LogP contribution is 2.27. The van der Waals surface area contributed by atoms with Crippen LogP contribution in [0, 0.1) is 6.92 Å². The van der Waals surface area contributed by atoms with Crippen LogP contribution in [-0.2, 0) is 4.74 Å². The maximum Gasteiger partial charge on any atom is 0.339 e. The molecule has 1 aromatic carbocycles. The van der Waals surface area contributed by atoms with Crippen molar-refractivity contribution in [2.75, 3.05) is 7.11 Å². The van der Waals surface area contributed by atoms with Crippen molar-refractivity contribution < 1.29 is 9.53 Å². The minimum Gasteiger partial charge on any atom is -0.465 e. The first kappa shape index (κ1) is 10.4. The predicted molar refractivity (Wildman–Crippen MR) is 54.2 cm³/mol. The van der Waals surface area contributed by atoms with Crippen LogP contribution in [0.3, 0.4) is 0 Å². The van der Waals surface area contributed by atoms with E-state index in [9.17, 15) is 4.79 Å². The lowest BCUT2D eigenvalue weighted by atomic mass is 10.1.